The zero-order valence-corrected chi connectivity index (χ0v) is 7.84. The van der Waals surface area contributed by atoms with Gasteiger partial charge in [0.25, 0.3) is 0 Å². The molecule has 0 aromatic heterocycles. The highest BCUT2D eigenvalue weighted by molar-refractivity contribution is 5.73. The Balaban J connectivity index is 3.42. The van der Waals surface area contributed by atoms with Crippen LogP contribution in [-0.2, 0) is 9.53 Å². The lowest BCUT2D eigenvalue weighted by Gasteiger charge is -2.05. The molecule has 0 fully saturated rings. The molecule has 0 aliphatic rings. The van der Waals surface area contributed by atoms with E-state index < -0.39 is 0 Å². The molecule has 0 bridgehead atoms. The van der Waals surface area contributed by atoms with Crippen molar-refractivity contribution in [1.29, 1.82) is 0 Å². The molecule has 4 nitrogen and oxygen atoms in total. The summed E-state index contributed by atoms with van der Waals surface area (Å²) in [7, 11) is 0. The third-order valence-electron chi connectivity index (χ3n) is 1.67. The van der Waals surface area contributed by atoms with E-state index >= 15 is 0 Å². The molecule has 4 heteroatoms. The van der Waals surface area contributed by atoms with Crippen molar-refractivity contribution in [2.24, 2.45) is 0 Å². The summed E-state index contributed by atoms with van der Waals surface area (Å²) in [6.45, 7) is 3.18. The second-order valence-corrected chi connectivity index (χ2v) is 2.80. The van der Waals surface area contributed by atoms with Crippen molar-refractivity contribution in [3.05, 3.63) is 0 Å². The molecule has 0 unspecified atom stereocenters. The summed E-state index contributed by atoms with van der Waals surface area (Å²) < 4.78 is 4.82. The number of unbranched alkanes of at least 4 members (excludes halogenated alkanes) is 1. The van der Waals surface area contributed by atoms with Gasteiger partial charge < -0.3 is 16.2 Å². The number of carbonyl (C=O) groups is 1. The fourth-order valence-corrected chi connectivity index (χ4v) is 0.945. The van der Waals surface area contributed by atoms with Gasteiger partial charge in [0.2, 0.25) is 0 Å². The van der Waals surface area contributed by atoms with Gasteiger partial charge in [0, 0.05) is 6.42 Å². The normalized spacial score (nSPS) is 12.6. The maximum Gasteiger partial charge on any atom is 0.364 e. The van der Waals surface area contributed by atoms with Crippen molar-refractivity contribution in [2.75, 3.05) is 13.2 Å². The van der Waals surface area contributed by atoms with Crippen molar-refractivity contribution in [3.63, 3.8) is 0 Å². The van der Waals surface area contributed by atoms with Crippen molar-refractivity contribution >= 4 is 5.97 Å². The molecule has 0 rings (SSSR count). The van der Waals surface area contributed by atoms with E-state index in [0.717, 1.165) is 25.8 Å². The zero-order valence-electron chi connectivity index (χ0n) is 7.84. The fraction of sp³-hybridized carbons (Fsp3) is 0.875. The summed E-state index contributed by atoms with van der Waals surface area (Å²) >= 11 is 0. The van der Waals surface area contributed by atoms with Gasteiger partial charge in [0.15, 0.2) is 6.04 Å². The van der Waals surface area contributed by atoms with Gasteiger partial charge in [0.05, 0.1) is 13.2 Å². The minimum absolute atomic E-state index is 0.179. The van der Waals surface area contributed by atoms with Crippen LogP contribution in [-0.4, -0.2) is 25.2 Å². The highest BCUT2D eigenvalue weighted by Crippen LogP contribution is 1.97. The van der Waals surface area contributed by atoms with Gasteiger partial charge in [-0.25, -0.2) is 4.79 Å². The van der Waals surface area contributed by atoms with Gasteiger partial charge in [-0.3, -0.25) is 0 Å². The van der Waals surface area contributed by atoms with Crippen molar-refractivity contribution in [2.45, 2.75) is 32.2 Å². The van der Waals surface area contributed by atoms with Crippen molar-refractivity contribution in [3.8, 4) is 0 Å². The molecule has 0 radical (unpaired) electrons. The Labute approximate surface area is 73.2 Å². The van der Waals surface area contributed by atoms with Crippen LogP contribution in [0.15, 0.2) is 0 Å². The number of hydrogen-bond acceptors (Lipinski definition) is 2. The smallest absolute Gasteiger partial charge is 0.364 e. The molecular formula is C8H20N2O2+2. The minimum Gasteiger partial charge on any atom is -0.462 e. The Morgan fingerprint density at radius 3 is 2.67 bits per heavy atom. The molecule has 0 saturated carbocycles. The first-order chi connectivity index (χ1) is 5.72. The first kappa shape index (κ1) is 11.4. The fourth-order valence-electron chi connectivity index (χ4n) is 0.945. The Kier molecular flexibility index (Phi) is 6.70. The SMILES string of the molecule is CCOC(=O)[C@H]([NH3+])CCCC[NH3+]. The molecule has 0 aromatic carbocycles. The minimum atomic E-state index is -0.198. The van der Waals surface area contributed by atoms with Crippen LogP contribution >= 0.6 is 0 Å². The monoisotopic (exact) mass is 176 g/mol. The largest absolute Gasteiger partial charge is 0.462 e. The van der Waals surface area contributed by atoms with Crippen LogP contribution in [0.1, 0.15) is 26.2 Å². The lowest BCUT2D eigenvalue weighted by molar-refractivity contribution is -0.410. The van der Waals surface area contributed by atoms with Gasteiger partial charge in [0.1, 0.15) is 0 Å². The first-order valence-electron chi connectivity index (χ1n) is 4.51. The average Bonchev–Trinajstić information content (AvgIpc) is 2.05. The second kappa shape index (κ2) is 7.06. The van der Waals surface area contributed by atoms with E-state index in [4.69, 9.17) is 4.74 Å². The lowest BCUT2D eigenvalue weighted by Crippen LogP contribution is -2.65. The van der Waals surface area contributed by atoms with Gasteiger partial charge >= 0.3 is 5.97 Å². The molecule has 0 heterocycles. The Morgan fingerprint density at radius 2 is 2.17 bits per heavy atom. The van der Waals surface area contributed by atoms with Crippen LogP contribution in [0.4, 0.5) is 0 Å². The quantitative estimate of drug-likeness (QED) is 0.384. The molecule has 0 amide bonds. The van der Waals surface area contributed by atoms with E-state index in [-0.39, 0.29) is 12.0 Å². The maximum absolute atomic E-state index is 11.0. The topological polar surface area (TPSA) is 81.6 Å². The van der Waals surface area contributed by atoms with Gasteiger partial charge in [-0.05, 0) is 19.8 Å². The summed E-state index contributed by atoms with van der Waals surface area (Å²) in [5.74, 6) is -0.179. The second-order valence-electron chi connectivity index (χ2n) is 2.80. The van der Waals surface area contributed by atoms with Gasteiger partial charge in [-0.1, -0.05) is 0 Å². The summed E-state index contributed by atoms with van der Waals surface area (Å²) in [5.41, 5.74) is 7.46. The number of rotatable bonds is 6. The number of carbonyl (C=O) groups excluding carboxylic acids is 1. The number of esters is 1. The maximum atomic E-state index is 11.0. The Bertz CT molecular complexity index is 128. The molecule has 0 aliphatic heterocycles. The lowest BCUT2D eigenvalue weighted by atomic mass is 10.1. The molecule has 0 spiro atoms. The average molecular weight is 176 g/mol. The molecule has 12 heavy (non-hydrogen) atoms. The highest BCUT2D eigenvalue weighted by atomic mass is 16.5. The predicted molar refractivity (Wildman–Crippen MR) is 44.9 cm³/mol. The van der Waals surface area contributed by atoms with E-state index in [2.05, 4.69) is 11.5 Å². The van der Waals surface area contributed by atoms with Crippen LogP contribution in [0.2, 0.25) is 0 Å². The van der Waals surface area contributed by atoms with Crippen LogP contribution in [0, 0.1) is 0 Å². The predicted octanol–water partition coefficient (Wildman–Crippen LogP) is -1.43. The first-order valence-corrected chi connectivity index (χ1v) is 4.51. The van der Waals surface area contributed by atoms with Crippen LogP contribution in [0.25, 0.3) is 0 Å². The summed E-state index contributed by atoms with van der Waals surface area (Å²) in [4.78, 5) is 11.0. The molecule has 0 aromatic rings. The molecular weight excluding hydrogens is 156 g/mol. The third-order valence-corrected chi connectivity index (χ3v) is 1.67. The van der Waals surface area contributed by atoms with Crippen molar-refractivity contribution in [1.82, 2.24) is 0 Å². The summed E-state index contributed by atoms with van der Waals surface area (Å²) in [5, 5.41) is 0. The van der Waals surface area contributed by atoms with E-state index in [1.54, 1.807) is 6.92 Å². The number of ether oxygens (including phenoxy) is 1. The van der Waals surface area contributed by atoms with E-state index in [9.17, 15) is 4.79 Å². The number of hydrogen-bond donors (Lipinski definition) is 2. The van der Waals surface area contributed by atoms with Crippen LogP contribution in [0.5, 0.6) is 0 Å². The van der Waals surface area contributed by atoms with E-state index in [1.807, 2.05) is 0 Å². The van der Waals surface area contributed by atoms with Crippen LogP contribution in [0.3, 0.4) is 0 Å². The molecule has 0 saturated heterocycles. The van der Waals surface area contributed by atoms with Gasteiger partial charge in [-0.15, -0.1) is 0 Å². The molecule has 6 N–H and O–H groups in total. The standard InChI is InChI=1S/C8H18N2O2/c1-2-12-8(11)7(10)5-3-4-6-9/h7H,2-6,9-10H2,1H3/p+2/t7-/m1/s1. The molecule has 0 aliphatic carbocycles. The summed E-state index contributed by atoms with van der Waals surface area (Å²) in [6, 6.07) is -0.198. The summed E-state index contributed by atoms with van der Waals surface area (Å²) in [6.07, 6.45) is 2.89. The van der Waals surface area contributed by atoms with E-state index in [0.29, 0.717) is 6.61 Å². The van der Waals surface area contributed by atoms with Crippen molar-refractivity contribution < 1.29 is 21.0 Å². The Hall–Kier alpha value is -0.610. The third kappa shape index (κ3) is 5.09. The molecule has 1 atom stereocenters. The van der Waals surface area contributed by atoms with Crippen LogP contribution < -0.4 is 11.5 Å². The van der Waals surface area contributed by atoms with E-state index in [1.165, 1.54) is 0 Å². The zero-order chi connectivity index (χ0) is 9.40. The van der Waals surface area contributed by atoms with Gasteiger partial charge in [-0.2, -0.15) is 0 Å². The molecule has 72 valence electrons. The number of quaternary nitrogens is 2. The Morgan fingerprint density at radius 1 is 1.50 bits per heavy atom. The highest BCUT2D eigenvalue weighted by Gasteiger charge is 2.17.